The molecule has 1 aromatic carbocycles. The van der Waals surface area contributed by atoms with E-state index in [0.717, 1.165) is 59.7 Å². The molecule has 45 heavy (non-hydrogen) atoms. The molecule has 2 aliphatic heterocycles. The van der Waals surface area contributed by atoms with Gasteiger partial charge in [0.2, 0.25) is 11.9 Å². The first-order chi connectivity index (χ1) is 21.5. The van der Waals surface area contributed by atoms with Crippen LogP contribution in [0.15, 0.2) is 66.8 Å². The maximum atomic E-state index is 12.5. The van der Waals surface area contributed by atoms with Crippen molar-refractivity contribution < 1.29 is 18.0 Å². The molecular formula is C34H40F3N7O. The summed E-state index contributed by atoms with van der Waals surface area (Å²) in [6.07, 6.45) is 0.493. The van der Waals surface area contributed by atoms with Crippen molar-refractivity contribution in [1.82, 2.24) is 29.5 Å². The van der Waals surface area contributed by atoms with Crippen molar-refractivity contribution in [3.05, 3.63) is 89.5 Å². The molecule has 0 saturated carbocycles. The lowest BCUT2D eigenvalue weighted by Crippen LogP contribution is -2.35. The topological polar surface area (TPSA) is 79.2 Å². The number of carbonyl (C=O) groups is 1. The summed E-state index contributed by atoms with van der Waals surface area (Å²) in [4.78, 5) is 25.5. The lowest BCUT2D eigenvalue weighted by atomic mass is 9.92. The maximum Gasteiger partial charge on any atom is 0.389 e. The summed E-state index contributed by atoms with van der Waals surface area (Å²) in [7, 11) is 1.82. The fourth-order valence-corrected chi connectivity index (χ4v) is 5.97. The fourth-order valence-electron chi connectivity index (χ4n) is 5.97. The standard InChI is InChI=1S/C34H40F3N7O/c1-5-29(26-14-21-44(22-15-26)31(45)13-18-34(35,36)37)32-40-33(41-42(32)4)39-28-11-9-25(10-12-28)24(3)43-19-16-27(17-20-43)30-8-6-7-23(2)38-30/h5-12,14,27H,3,13,15-22H2,1-2,4H3,(H,39,41)/b29-5-. The fraction of sp³-hybridized carbons (Fsp3) is 0.412. The minimum Gasteiger partial charge on any atom is -0.371 e. The third-order valence-electron chi connectivity index (χ3n) is 8.50. The minimum atomic E-state index is -4.34. The van der Waals surface area contributed by atoms with Crippen LogP contribution in [-0.4, -0.2) is 67.8 Å². The van der Waals surface area contributed by atoms with Gasteiger partial charge in [-0.25, -0.2) is 4.68 Å². The minimum absolute atomic E-state index is 0.270. The van der Waals surface area contributed by atoms with Crippen LogP contribution in [0.25, 0.3) is 11.3 Å². The molecule has 0 bridgehead atoms. The normalized spacial score (nSPS) is 16.5. The van der Waals surface area contributed by atoms with Crippen molar-refractivity contribution >= 4 is 28.8 Å². The summed E-state index contributed by atoms with van der Waals surface area (Å²) in [5, 5.41) is 7.84. The number of alkyl halides is 3. The lowest BCUT2D eigenvalue weighted by Gasteiger charge is -2.34. The molecule has 5 rings (SSSR count). The Balaban J connectivity index is 1.17. The van der Waals surface area contributed by atoms with Crippen LogP contribution >= 0.6 is 0 Å². The van der Waals surface area contributed by atoms with E-state index in [1.165, 1.54) is 10.6 Å². The Morgan fingerprint density at radius 2 is 1.80 bits per heavy atom. The number of carbonyl (C=O) groups excluding carboxylic acids is 1. The van der Waals surface area contributed by atoms with Crippen molar-refractivity contribution in [3.63, 3.8) is 0 Å². The largest absolute Gasteiger partial charge is 0.389 e. The van der Waals surface area contributed by atoms with Crippen molar-refractivity contribution in [3.8, 4) is 0 Å². The number of anilines is 2. The van der Waals surface area contributed by atoms with E-state index in [0.29, 0.717) is 30.7 Å². The van der Waals surface area contributed by atoms with Gasteiger partial charge in [-0.1, -0.05) is 36.9 Å². The number of hydrogen-bond donors (Lipinski definition) is 1. The number of nitrogens with zero attached hydrogens (tertiary/aromatic N) is 6. The predicted molar refractivity (Wildman–Crippen MR) is 171 cm³/mol. The Bertz CT molecular complexity index is 1580. The van der Waals surface area contributed by atoms with Gasteiger partial charge in [0.1, 0.15) is 0 Å². The Hall–Kier alpha value is -4.41. The van der Waals surface area contributed by atoms with Crippen LogP contribution in [0.4, 0.5) is 24.8 Å². The summed E-state index contributed by atoms with van der Waals surface area (Å²) in [5.74, 6) is 1.11. The molecule has 238 valence electrons. The number of likely N-dealkylation sites (tertiary alicyclic amines) is 1. The van der Waals surface area contributed by atoms with E-state index in [2.05, 4.69) is 46.2 Å². The third kappa shape index (κ3) is 8.01. The smallest absolute Gasteiger partial charge is 0.371 e. The monoisotopic (exact) mass is 619 g/mol. The summed E-state index contributed by atoms with van der Waals surface area (Å²) < 4.78 is 39.3. The second-order valence-electron chi connectivity index (χ2n) is 11.6. The molecule has 2 aromatic heterocycles. The molecule has 11 heteroatoms. The van der Waals surface area contributed by atoms with Gasteiger partial charge in [-0.05, 0) is 68.5 Å². The number of hydrogen-bond acceptors (Lipinski definition) is 6. The molecule has 2 aliphatic rings. The van der Waals surface area contributed by atoms with Gasteiger partial charge < -0.3 is 15.1 Å². The van der Waals surface area contributed by atoms with Crippen LogP contribution < -0.4 is 5.32 Å². The van der Waals surface area contributed by atoms with Gasteiger partial charge in [-0.3, -0.25) is 9.78 Å². The van der Waals surface area contributed by atoms with Gasteiger partial charge in [0.25, 0.3) is 0 Å². The Kier molecular flexibility index (Phi) is 9.74. The first kappa shape index (κ1) is 32.0. The van der Waals surface area contributed by atoms with Gasteiger partial charge in [0, 0.05) is 73.9 Å². The Labute approximate surface area is 262 Å². The second-order valence-corrected chi connectivity index (χ2v) is 11.6. The first-order valence-electron chi connectivity index (χ1n) is 15.4. The molecule has 4 heterocycles. The van der Waals surface area contributed by atoms with E-state index in [9.17, 15) is 18.0 Å². The Morgan fingerprint density at radius 1 is 1.07 bits per heavy atom. The molecule has 0 radical (unpaired) electrons. The average Bonchev–Trinajstić information content (AvgIpc) is 3.39. The summed E-state index contributed by atoms with van der Waals surface area (Å²) in [6, 6.07) is 14.3. The highest BCUT2D eigenvalue weighted by Crippen LogP contribution is 2.32. The highest BCUT2D eigenvalue weighted by molar-refractivity contribution is 5.79. The highest BCUT2D eigenvalue weighted by atomic mass is 19.4. The maximum absolute atomic E-state index is 12.5. The third-order valence-corrected chi connectivity index (χ3v) is 8.50. The van der Waals surface area contributed by atoms with Crippen LogP contribution in [0.3, 0.4) is 0 Å². The first-order valence-corrected chi connectivity index (χ1v) is 15.4. The van der Waals surface area contributed by atoms with Crippen LogP contribution in [-0.2, 0) is 11.8 Å². The number of halogens is 3. The number of nitrogens with one attached hydrogen (secondary N) is 1. The van der Waals surface area contributed by atoms with E-state index in [4.69, 9.17) is 9.97 Å². The zero-order chi connectivity index (χ0) is 32.1. The molecule has 0 aliphatic carbocycles. The molecule has 0 spiro atoms. The van der Waals surface area contributed by atoms with Gasteiger partial charge in [-0.15, -0.1) is 5.10 Å². The van der Waals surface area contributed by atoms with Crippen molar-refractivity contribution in [2.24, 2.45) is 7.05 Å². The molecule has 8 nitrogen and oxygen atoms in total. The van der Waals surface area contributed by atoms with Gasteiger partial charge in [0.15, 0.2) is 5.82 Å². The number of allylic oxidation sites excluding steroid dienone is 2. The zero-order valence-electron chi connectivity index (χ0n) is 26.1. The van der Waals surface area contributed by atoms with E-state index >= 15 is 0 Å². The summed E-state index contributed by atoms with van der Waals surface area (Å²) in [5.41, 5.74) is 7.03. The number of benzene rings is 1. The molecule has 1 fully saturated rings. The van der Waals surface area contributed by atoms with Gasteiger partial charge in [-0.2, -0.15) is 18.2 Å². The lowest BCUT2D eigenvalue weighted by molar-refractivity contribution is -0.148. The number of piperidine rings is 1. The molecule has 3 aromatic rings. The number of aromatic nitrogens is 4. The zero-order valence-corrected chi connectivity index (χ0v) is 26.1. The molecule has 0 unspecified atom stereocenters. The van der Waals surface area contributed by atoms with E-state index < -0.39 is 24.9 Å². The SMILES string of the molecule is C=C(c1ccc(Nc2nc(/C(=C\C)C3=CCN(C(=O)CCC(F)(F)F)CC3)n(C)n2)cc1)N1CCC(c2cccc(C)n2)CC1. The molecule has 1 amide bonds. The van der Waals surface area contributed by atoms with Crippen molar-refractivity contribution in [2.45, 2.75) is 58.0 Å². The van der Waals surface area contributed by atoms with Crippen molar-refractivity contribution in [2.75, 3.05) is 31.5 Å². The predicted octanol–water partition coefficient (Wildman–Crippen LogP) is 7.02. The molecule has 0 atom stereocenters. The van der Waals surface area contributed by atoms with Crippen LogP contribution in [0, 0.1) is 6.92 Å². The van der Waals surface area contributed by atoms with Gasteiger partial charge >= 0.3 is 6.18 Å². The summed E-state index contributed by atoms with van der Waals surface area (Å²) >= 11 is 0. The second kappa shape index (κ2) is 13.7. The summed E-state index contributed by atoms with van der Waals surface area (Å²) in [6.45, 7) is 10.8. The average molecular weight is 620 g/mol. The van der Waals surface area contributed by atoms with Crippen molar-refractivity contribution in [1.29, 1.82) is 0 Å². The number of amides is 1. The number of rotatable bonds is 9. The van der Waals surface area contributed by atoms with Gasteiger partial charge in [0.05, 0.1) is 6.42 Å². The number of aryl methyl sites for hydroxylation is 2. The molecule has 1 saturated heterocycles. The van der Waals surface area contributed by atoms with Crippen LogP contribution in [0.2, 0.25) is 0 Å². The molecular weight excluding hydrogens is 579 g/mol. The molecule has 1 N–H and O–H groups in total. The van der Waals surface area contributed by atoms with E-state index in [1.807, 2.05) is 51.2 Å². The highest BCUT2D eigenvalue weighted by Gasteiger charge is 2.30. The Morgan fingerprint density at radius 3 is 2.42 bits per heavy atom. The van der Waals surface area contributed by atoms with Crippen LogP contribution in [0.5, 0.6) is 0 Å². The number of pyridine rings is 1. The quantitative estimate of drug-likeness (QED) is 0.278. The van der Waals surface area contributed by atoms with E-state index in [1.54, 1.807) is 4.68 Å². The van der Waals surface area contributed by atoms with Crippen LogP contribution in [0.1, 0.15) is 67.7 Å². The van der Waals surface area contributed by atoms with E-state index in [-0.39, 0.29) is 6.54 Å².